The van der Waals surface area contributed by atoms with E-state index in [1.807, 2.05) is 6.07 Å². The van der Waals surface area contributed by atoms with Crippen molar-refractivity contribution >= 4 is 0 Å². The van der Waals surface area contributed by atoms with Crippen LogP contribution in [-0.4, -0.2) is 16.1 Å². The summed E-state index contributed by atoms with van der Waals surface area (Å²) in [6.07, 6.45) is -1.18. The number of fused-ring (bicyclic) bond motifs is 3. The number of phenolic OH excluding ortho intramolecular Hbond substituents is 2. The molecule has 2 N–H and O–H groups in total. The SMILES string of the molecule is N#CCc1cc(O)cc2c1OC(c1ccc(O)cc1)[C@@H]1CC(F)(F)C[C@H]21. The molecule has 1 fully saturated rings. The van der Waals surface area contributed by atoms with Crippen molar-refractivity contribution in [2.24, 2.45) is 5.92 Å². The Hall–Kier alpha value is -2.81. The molecule has 1 aliphatic carbocycles. The molecule has 0 bridgehead atoms. The van der Waals surface area contributed by atoms with Crippen LogP contribution in [0.15, 0.2) is 36.4 Å². The fourth-order valence-electron chi connectivity index (χ4n) is 4.23. The fourth-order valence-corrected chi connectivity index (χ4v) is 4.23. The number of nitriles is 1. The van der Waals surface area contributed by atoms with Gasteiger partial charge in [0.25, 0.3) is 0 Å². The first-order valence-corrected chi connectivity index (χ1v) is 8.44. The number of hydrogen-bond donors (Lipinski definition) is 2. The third kappa shape index (κ3) is 2.74. The van der Waals surface area contributed by atoms with E-state index in [4.69, 9.17) is 10.00 Å². The normalized spacial score (nSPS) is 25.7. The van der Waals surface area contributed by atoms with E-state index in [0.29, 0.717) is 22.4 Å². The maximum atomic E-state index is 14.2. The van der Waals surface area contributed by atoms with E-state index >= 15 is 0 Å². The highest BCUT2D eigenvalue weighted by Gasteiger charge is 2.53. The molecule has 0 saturated heterocycles. The molecule has 6 heteroatoms. The predicted octanol–water partition coefficient (Wildman–Crippen LogP) is 4.43. The lowest BCUT2D eigenvalue weighted by atomic mass is 9.79. The van der Waals surface area contributed by atoms with Crippen LogP contribution in [0, 0.1) is 17.2 Å². The number of aromatic hydroxyl groups is 2. The van der Waals surface area contributed by atoms with Gasteiger partial charge < -0.3 is 14.9 Å². The Balaban J connectivity index is 1.85. The Morgan fingerprint density at radius 1 is 1.12 bits per heavy atom. The average Bonchev–Trinajstić information content (AvgIpc) is 2.91. The van der Waals surface area contributed by atoms with Crippen LogP contribution in [0.4, 0.5) is 8.78 Å². The van der Waals surface area contributed by atoms with Crippen LogP contribution in [0.5, 0.6) is 17.2 Å². The van der Waals surface area contributed by atoms with Crippen LogP contribution in [0.1, 0.15) is 41.6 Å². The monoisotopic (exact) mass is 357 g/mol. The van der Waals surface area contributed by atoms with Gasteiger partial charge in [-0.25, -0.2) is 8.78 Å². The lowest BCUT2D eigenvalue weighted by Gasteiger charge is -2.37. The summed E-state index contributed by atoms with van der Waals surface area (Å²) in [7, 11) is 0. The van der Waals surface area contributed by atoms with Crippen LogP contribution in [-0.2, 0) is 6.42 Å². The number of hydrogen-bond acceptors (Lipinski definition) is 4. The standard InChI is InChI=1S/C20H17F2NO3/c21-20(22)9-16-15-8-14(25)7-12(5-6-23)19(15)26-18(17(16)10-20)11-1-3-13(24)4-2-11/h1-4,7-8,16-18,24-25H,5,9-10H2/t16-,17-,18?/m1/s1. The van der Waals surface area contributed by atoms with Crippen molar-refractivity contribution in [3.63, 3.8) is 0 Å². The minimum atomic E-state index is -2.81. The molecule has 0 radical (unpaired) electrons. The highest BCUT2D eigenvalue weighted by Crippen LogP contribution is 2.59. The van der Waals surface area contributed by atoms with Crippen molar-refractivity contribution in [2.45, 2.75) is 37.2 Å². The summed E-state index contributed by atoms with van der Waals surface area (Å²) in [5.74, 6) is -3.25. The van der Waals surface area contributed by atoms with Crippen molar-refractivity contribution in [3.05, 3.63) is 53.1 Å². The number of benzene rings is 2. The smallest absolute Gasteiger partial charge is 0.249 e. The second-order valence-electron chi connectivity index (χ2n) is 7.02. The molecule has 0 spiro atoms. The van der Waals surface area contributed by atoms with Crippen LogP contribution < -0.4 is 4.74 Å². The van der Waals surface area contributed by atoms with E-state index in [0.717, 1.165) is 0 Å². The van der Waals surface area contributed by atoms with E-state index in [-0.39, 0.29) is 30.8 Å². The number of phenols is 2. The van der Waals surface area contributed by atoms with Crippen LogP contribution in [0.25, 0.3) is 0 Å². The molecule has 26 heavy (non-hydrogen) atoms. The van der Waals surface area contributed by atoms with Crippen LogP contribution >= 0.6 is 0 Å². The maximum Gasteiger partial charge on any atom is 0.249 e. The second-order valence-corrected chi connectivity index (χ2v) is 7.02. The maximum absolute atomic E-state index is 14.2. The summed E-state index contributed by atoms with van der Waals surface area (Å²) in [6.45, 7) is 0. The number of rotatable bonds is 2. The summed E-state index contributed by atoms with van der Waals surface area (Å²) in [6, 6.07) is 11.3. The summed E-state index contributed by atoms with van der Waals surface area (Å²) in [4.78, 5) is 0. The molecule has 1 unspecified atom stereocenters. The first-order chi connectivity index (χ1) is 12.4. The molecule has 1 aliphatic heterocycles. The van der Waals surface area contributed by atoms with Gasteiger partial charge in [-0.05, 0) is 29.8 Å². The van der Waals surface area contributed by atoms with Gasteiger partial charge in [-0.2, -0.15) is 5.26 Å². The van der Waals surface area contributed by atoms with E-state index < -0.39 is 23.9 Å². The number of halogens is 2. The van der Waals surface area contributed by atoms with Gasteiger partial charge in [-0.3, -0.25) is 0 Å². The summed E-state index contributed by atoms with van der Waals surface area (Å²) >= 11 is 0. The quantitative estimate of drug-likeness (QED) is 0.834. The Morgan fingerprint density at radius 3 is 2.54 bits per heavy atom. The molecular formula is C20H17F2NO3. The van der Waals surface area contributed by atoms with Crippen LogP contribution in [0.3, 0.4) is 0 Å². The molecule has 4 nitrogen and oxygen atoms in total. The first-order valence-electron chi connectivity index (χ1n) is 8.44. The molecule has 0 aromatic heterocycles. The van der Waals surface area contributed by atoms with Gasteiger partial charge in [0.05, 0.1) is 12.5 Å². The van der Waals surface area contributed by atoms with Gasteiger partial charge in [0, 0.05) is 35.8 Å². The summed E-state index contributed by atoms with van der Waals surface area (Å²) in [5, 5.41) is 28.5. The zero-order valence-corrected chi connectivity index (χ0v) is 13.8. The Labute approximate surface area is 149 Å². The topological polar surface area (TPSA) is 73.5 Å². The molecule has 2 aromatic rings. The zero-order chi connectivity index (χ0) is 18.5. The highest BCUT2D eigenvalue weighted by molar-refractivity contribution is 5.52. The average molecular weight is 357 g/mol. The van der Waals surface area contributed by atoms with Gasteiger partial charge in [-0.1, -0.05) is 12.1 Å². The molecule has 1 saturated carbocycles. The second kappa shape index (κ2) is 5.87. The summed E-state index contributed by atoms with van der Waals surface area (Å²) in [5.41, 5.74) is 1.75. The van der Waals surface area contributed by atoms with Gasteiger partial charge in [0.2, 0.25) is 5.92 Å². The summed E-state index contributed by atoms with van der Waals surface area (Å²) < 4.78 is 34.6. The Bertz CT molecular complexity index is 889. The van der Waals surface area contributed by atoms with Gasteiger partial charge in [0.1, 0.15) is 23.4 Å². The third-order valence-electron chi connectivity index (χ3n) is 5.27. The van der Waals surface area contributed by atoms with Crippen molar-refractivity contribution in [1.29, 1.82) is 5.26 Å². The van der Waals surface area contributed by atoms with Gasteiger partial charge in [0.15, 0.2) is 0 Å². The molecule has 0 amide bonds. The molecular weight excluding hydrogens is 340 g/mol. The molecule has 2 aliphatic rings. The Morgan fingerprint density at radius 2 is 1.85 bits per heavy atom. The number of alkyl halides is 2. The first kappa shape index (κ1) is 16.6. The van der Waals surface area contributed by atoms with Gasteiger partial charge >= 0.3 is 0 Å². The largest absolute Gasteiger partial charge is 0.508 e. The fraction of sp³-hybridized carbons (Fsp3) is 0.350. The molecule has 3 atom stereocenters. The third-order valence-corrected chi connectivity index (χ3v) is 5.27. The van der Waals surface area contributed by atoms with E-state index in [2.05, 4.69) is 0 Å². The molecule has 4 rings (SSSR count). The molecule has 1 heterocycles. The highest BCUT2D eigenvalue weighted by atomic mass is 19.3. The van der Waals surface area contributed by atoms with E-state index in [1.165, 1.54) is 24.3 Å². The minimum Gasteiger partial charge on any atom is -0.508 e. The lowest BCUT2D eigenvalue weighted by Crippen LogP contribution is -2.27. The minimum absolute atomic E-state index is 0.0206. The molecule has 134 valence electrons. The van der Waals surface area contributed by atoms with Crippen molar-refractivity contribution in [3.8, 4) is 23.3 Å². The van der Waals surface area contributed by atoms with Crippen molar-refractivity contribution < 1.29 is 23.7 Å². The van der Waals surface area contributed by atoms with Crippen LogP contribution in [0.2, 0.25) is 0 Å². The Kier molecular flexibility index (Phi) is 3.76. The lowest BCUT2D eigenvalue weighted by molar-refractivity contribution is -0.00235. The number of nitrogens with zero attached hydrogens (tertiary/aromatic N) is 1. The molecule has 2 aromatic carbocycles. The predicted molar refractivity (Wildman–Crippen MR) is 89.3 cm³/mol. The van der Waals surface area contributed by atoms with E-state index in [9.17, 15) is 19.0 Å². The number of ether oxygens (including phenoxy) is 1. The zero-order valence-electron chi connectivity index (χ0n) is 13.8. The van der Waals surface area contributed by atoms with E-state index in [1.54, 1.807) is 12.1 Å². The van der Waals surface area contributed by atoms with Crippen molar-refractivity contribution in [2.75, 3.05) is 0 Å². The van der Waals surface area contributed by atoms with Crippen molar-refractivity contribution in [1.82, 2.24) is 0 Å². The van der Waals surface area contributed by atoms with Gasteiger partial charge in [-0.15, -0.1) is 0 Å².